The van der Waals surface area contributed by atoms with Crippen molar-refractivity contribution < 1.29 is 0 Å². The van der Waals surface area contributed by atoms with Crippen molar-refractivity contribution in [2.45, 2.75) is 0 Å². The van der Waals surface area contributed by atoms with E-state index in [1.165, 1.54) is 0 Å². The van der Waals surface area contributed by atoms with Gasteiger partial charge in [0.25, 0.3) is 0 Å². The molecular weight excluding hydrogens is 290 g/mol. The van der Waals surface area contributed by atoms with Crippen LogP contribution in [0.5, 0.6) is 0 Å². The van der Waals surface area contributed by atoms with E-state index in [0.717, 1.165) is 3.57 Å². The third-order valence-corrected chi connectivity index (χ3v) is 2.67. The number of fused-ring (bicyclic) bond motifs is 1. The van der Waals surface area contributed by atoms with Crippen LogP contribution in [0.3, 0.4) is 0 Å². The summed E-state index contributed by atoms with van der Waals surface area (Å²) in [4.78, 5) is 4.07. The molecule has 2 aromatic heterocycles. The largest absolute Gasteiger partial charge is 0.381 e. The molecule has 4 nitrogen and oxygen atoms in total. The highest BCUT2D eigenvalue weighted by Crippen LogP contribution is 2.19. The Hall–Kier alpha value is -0.560. The number of aromatic nitrogens is 3. The van der Waals surface area contributed by atoms with Crippen LogP contribution >= 0.6 is 34.2 Å². The normalized spacial score (nSPS) is 10.8. The zero-order valence-electron chi connectivity index (χ0n) is 5.83. The zero-order chi connectivity index (χ0) is 8.72. The van der Waals surface area contributed by atoms with Crippen molar-refractivity contribution in [1.82, 2.24) is 14.6 Å². The van der Waals surface area contributed by atoms with Gasteiger partial charge in [-0.3, -0.25) is 0 Å². The lowest BCUT2D eigenvalue weighted by Crippen LogP contribution is -1.89. The molecule has 2 N–H and O–H groups in total. The Balaban J connectivity index is 2.88. The third kappa shape index (κ3) is 1.13. The fraction of sp³-hybridized carbons (Fsp3) is 0. The van der Waals surface area contributed by atoms with Gasteiger partial charge in [-0.25, -0.2) is 9.50 Å². The molecule has 0 aliphatic rings. The number of anilines is 1. The van der Waals surface area contributed by atoms with Crippen molar-refractivity contribution in [2.24, 2.45) is 0 Å². The van der Waals surface area contributed by atoms with Crippen molar-refractivity contribution in [1.29, 1.82) is 0 Å². The smallest absolute Gasteiger partial charge is 0.172 e. The Morgan fingerprint density at radius 2 is 2.33 bits per heavy atom. The second-order valence-corrected chi connectivity index (χ2v) is 3.68. The predicted molar refractivity (Wildman–Crippen MR) is 55.1 cm³/mol. The second kappa shape index (κ2) is 2.74. The van der Waals surface area contributed by atoms with E-state index in [1.54, 1.807) is 16.8 Å². The minimum absolute atomic E-state index is 0.445. The van der Waals surface area contributed by atoms with Gasteiger partial charge in [0.05, 0.1) is 0 Å². The lowest BCUT2D eigenvalue weighted by molar-refractivity contribution is 0.945. The first-order chi connectivity index (χ1) is 5.68. The Labute approximate surface area is 86.9 Å². The van der Waals surface area contributed by atoms with Gasteiger partial charge < -0.3 is 5.73 Å². The molecule has 0 unspecified atom stereocenters. The van der Waals surface area contributed by atoms with Gasteiger partial charge in [-0.2, -0.15) is 0 Å². The first-order valence-corrected chi connectivity index (χ1v) is 4.60. The van der Waals surface area contributed by atoms with Crippen LogP contribution in [0.4, 0.5) is 5.82 Å². The maximum absolute atomic E-state index is 5.70. The van der Waals surface area contributed by atoms with E-state index >= 15 is 0 Å². The molecule has 12 heavy (non-hydrogen) atoms. The number of nitrogens with two attached hydrogens (primary N) is 1. The number of halogens is 2. The average Bonchev–Trinajstić information content (AvgIpc) is 2.31. The Bertz CT molecular complexity index is 438. The molecule has 0 saturated heterocycles. The SMILES string of the molecule is Nc1nn2ccc(Cl)nc2c1I. The molecule has 0 amide bonds. The molecule has 0 radical (unpaired) electrons. The molecule has 0 aromatic carbocycles. The Morgan fingerprint density at radius 1 is 1.58 bits per heavy atom. The molecule has 0 spiro atoms. The number of rotatable bonds is 0. The Kier molecular flexibility index (Phi) is 1.84. The van der Waals surface area contributed by atoms with E-state index in [-0.39, 0.29) is 0 Å². The lowest BCUT2D eigenvalue weighted by atomic mass is 10.6. The number of hydrogen-bond acceptors (Lipinski definition) is 3. The van der Waals surface area contributed by atoms with Crippen LogP contribution in [0.2, 0.25) is 5.15 Å². The summed E-state index contributed by atoms with van der Waals surface area (Å²) in [6, 6.07) is 1.66. The van der Waals surface area contributed by atoms with Crippen LogP contribution in [-0.2, 0) is 0 Å². The minimum atomic E-state index is 0.445. The highest BCUT2D eigenvalue weighted by atomic mass is 127. The molecule has 2 rings (SSSR count). The van der Waals surface area contributed by atoms with Gasteiger partial charge >= 0.3 is 0 Å². The molecular formula is C6H4ClIN4. The molecule has 2 heterocycles. The molecule has 6 heteroatoms. The van der Waals surface area contributed by atoms with Crippen molar-refractivity contribution in [3.63, 3.8) is 0 Å². The number of hydrogen-bond donors (Lipinski definition) is 1. The number of nitrogens with zero attached hydrogens (tertiary/aromatic N) is 3. The van der Waals surface area contributed by atoms with Crippen LogP contribution < -0.4 is 5.73 Å². The van der Waals surface area contributed by atoms with Crippen LogP contribution in [0.1, 0.15) is 0 Å². The summed E-state index contributed by atoms with van der Waals surface area (Å²) in [5.74, 6) is 0.477. The van der Waals surface area contributed by atoms with E-state index < -0.39 is 0 Å². The summed E-state index contributed by atoms with van der Waals surface area (Å²) in [5.41, 5.74) is 6.28. The van der Waals surface area contributed by atoms with E-state index in [0.29, 0.717) is 16.6 Å². The lowest BCUT2D eigenvalue weighted by Gasteiger charge is -1.91. The highest BCUT2D eigenvalue weighted by Gasteiger charge is 2.07. The zero-order valence-corrected chi connectivity index (χ0v) is 8.74. The first-order valence-electron chi connectivity index (χ1n) is 3.14. The second-order valence-electron chi connectivity index (χ2n) is 2.22. The summed E-state index contributed by atoms with van der Waals surface area (Å²) in [7, 11) is 0. The van der Waals surface area contributed by atoms with Crippen LogP contribution in [-0.4, -0.2) is 14.6 Å². The quantitative estimate of drug-likeness (QED) is 0.593. The molecule has 62 valence electrons. The van der Waals surface area contributed by atoms with Gasteiger partial charge in [0, 0.05) is 6.20 Å². The molecule has 0 saturated carbocycles. The van der Waals surface area contributed by atoms with Gasteiger partial charge in [-0.15, -0.1) is 5.10 Å². The summed E-state index contributed by atoms with van der Waals surface area (Å²) >= 11 is 7.79. The van der Waals surface area contributed by atoms with Crippen molar-refractivity contribution in [3.8, 4) is 0 Å². The van der Waals surface area contributed by atoms with E-state index in [9.17, 15) is 0 Å². The van der Waals surface area contributed by atoms with Gasteiger partial charge in [-0.05, 0) is 28.7 Å². The van der Waals surface area contributed by atoms with Crippen molar-refractivity contribution >= 4 is 45.7 Å². The van der Waals surface area contributed by atoms with E-state index in [1.807, 2.05) is 0 Å². The first kappa shape index (κ1) is 8.06. The summed E-state index contributed by atoms with van der Waals surface area (Å²) < 4.78 is 2.43. The third-order valence-electron chi connectivity index (χ3n) is 1.42. The van der Waals surface area contributed by atoms with Crippen LogP contribution in [0, 0.1) is 3.57 Å². The fourth-order valence-corrected chi connectivity index (χ4v) is 1.51. The molecule has 0 fully saturated rings. The molecule has 2 aromatic rings. The predicted octanol–water partition coefficient (Wildman–Crippen LogP) is 1.57. The van der Waals surface area contributed by atoms with Crippen LogP contribution in [0.25, 0.3) is 5.65 Å². The highest BCUT2D eigenvalue weighted by molar-refractivity contribution is 14.1. The standard InChI is InChI=1S/C6H4ClIN4/c7-3-1-2-12-6(10-3)4(8)5(9)11-12/h1-2H,(H2,9,11). The fourth-order valence-electron chi connectivity index (χ4n) is 0.897. The topological polar surface area (TPSA) is 56.2 Å². The number of nitrogen functional groups attached to an aromatic ring is 1. The van der Waals surface area contributed by atoms with E-state index in [2.05, 4.69) is 32.7 Å². The average molecular weight is 294 g/mol. The molecule has 0 aliphatic heterocycles. The maximum atomic E-state index is 5.70. The van der Waals surface area contributed by atoms with Gasteiger partial charge in [-0.1, -0.05) is 11.6 Å². The van der Waals surface area contributed by atoms with Gasteiger partial charge in [0.15, 0.2) is 11.5 Å². The Morgan fingerprint density at radius 3 is 3.08 bits per heavy atom. The monoisotopic (exact) mass is 294 g/mol. The summed E-state index contributed by atoms with van der Waals surface area (Å²) in [6.07, 6.45) is 1.73. The van der Waals surface area contributed by atoms with Gasteiger partial charge in [0.1, 0.15) is 8.72 Å². The van der Waals surface area contributed by atoms with Gasteiger partial charge in [0.2, 0.25) is 0 Å². The maximum Gasteiger partial charge on any atom is 0.172 e. The van der Waals surface area contributed by atoms with Crippen LogP contribution in [0.15, 0.2) is 12.3 Å². The summed E-state index contributed by atoms with van der Waals surface area (Å²) in [5, 5.41) is 4.46. The van der Waals surface area contributed by atoms with Crippen molar-refractivity contribution in [2.75, 3.05) is 5.73 Å². The summed E-state index contributed by atoms with van der Waals surface area (Å²) in [6.45, 7) is 0. The molecule has 0 bridgehead atoms. The van der Waals surface area contributed by atoms with Crippen molar-refractivity contribution in [3.05, 3.63) is 21.0 Å². The molecule has 0 aliphatic carbocycles. The molecule has 0 atom stereocenters. The van der Waals surface area contributed by atoms with E-state index in [4.69, 9.17) is 17.3 Å². The minimum Gasteiger partial charge on any atom is -0.381 e.